The normalized spacial score (nSPS) is 10.6. The predicted octanol–water partition coefficient (Wildman–Crippen LogP) is 4.68. The molecule has 0 aliphatic carbocycles. The number of nitrogens with zero attached hydrogens (tertiary/aromatic N) is 3. The number of hydrogen-bond donors (Lipinski definition) is 1. The van der Waals surface area contributed by atoms with Gasteiger partial charge in [0.2, 0.25) is 0 Å². The first-order chi connectivity index (χ1) is 14.6. The molecule has 8 heteroatoms. The summed E-state index contributed by atoms with van der Waals surface area (Å²) in [7, 11) is 0. The number of anilines is 1. The van der Waals surface area contributed by atoms with Gasteiger partial charge in [-0.05, 0) is 31.5 Å². The number of amides is 2. The SMILES string of the molecule is CCOc1ccccc1CN(CCCn1ccnc1)C(=O)Nc1ccc(F)c(F)c1. The van der Waals surface area contributed by atoms with E-state index in [4.69, 9.17) is 4.74 Å². The maximum absolute atomic E-state index is 13.5. The van der Waals surface area contributed by atoms with Crippen LogP contribution in [0.2, 0.25) is 0 Å². The molecule has 0 aliphatic heterocycles. The fraction of sp³-hybridized carbons (Fsp3) is 0.273. The van der Waals surface area contributed by atoms with Crippen LogP contribution in [0.5, 0.6) is 5.75 Å². The van der Waals surface area contributed by atoms with E-state index >= 15 is 0 Å². The van der Waals surface area contributed by atoms with E-state index in [1.165, 1.54) is 6.07 Å². The molecule has 30 heavy (non-hydrogen) atoms. The minimum atomic E-state index is -1.01. The van der Waals surface area contributed by atoms with Crippen molar-refractivity contribution in [2.75, 3.05) is 18.5 Å². The Kier molecular flexibility index (Phi) is 7.37. The van der Waals surface area contributed by atoms with Crippen LogP contribution in [0, 0.1) is 11.6 Å². The Morgan fingerprint density at radius 2 is 2.03 bits per heavy atom. The molecule has 1 heterocycles. The second-order valence-corrected chi connectivity index (χ2v) is 6.68. The van der Waals surface area contributed by atoms with Gasteiger partial charge in [0, 0.05) is 42.8 Å². The van der Waals surface area contributed by atoms with Crippen LogP contribution in [0.25, 0.3) is 0 Å². The van der Waals surface area contributed by atoms with Crippen molar-refractivity contribution < 1.29 is 18.3 Å². The number of aryl methyl sites for hydroxylation is 1. The molecule has 1 aromatic heterocycles. The molecule has 0 saturated carbocycles. The molecule has 3 rings (SSSR count). The van der Waals surface area contributed by atoms with E-state index in [2.05, 4.69) is 10.3 Å². The topological polar surface area (TPSA) is 59.4 Å². The molecule has 0 saturated heterocycles. The summed E-state index contributed by atoms with van der Waals surface area (Å²) in [6.07, 6.45) is 5.97. The number of carbonyl (C=O) groups is 1. The maximum atomic E-state index is 13.5. The van der Waals surface area contributed by atoms with Gasteiger partial charge in [0.25, 0.3) is 0 Å². The highest BCUT2D eigenvalue weighted by atomic mass is 19.2. The number of halogens is 2. The lowest BCUT2D eigenvalue weighted by molar-refractivity contribution is 0.206. The van der Waals surface area contributed by atoms with Gasteiger partial charge < -0.3 is 19.5 Å². The van der Waals surface area contributed by atoms with Crippen LogP contribution in [0.1, 0.15) is 18.9 Å². The third-order valence-electron chi connectivity index (χ3n) is 4.50. The van der Waals surface area contributed by atoms with Crippen LogP contribution >= 0.6 is 0 Å². The molecule has 1 N–H and O–H groups in total. The standard InChI is InChI=1S/C22H24F2N4O2/c1-2-30-21-7-4-3-6-17(21)15-28(12-5-11-27-13-10-25-16-27)22(29)26-18-8-9-19(23)20(24)14-18/h3-4,6-10,13-14,16H,2,5,11-12,15H2,1H3,(H,26,29). The van der Waals surface area contributed by atoms with Crippen molar-refractivity contribution in [3.05, 3.63) is 78.4 Å². The number of nitrogens with one attached hydrogen (secondary N) is 1. The lowest BCUT2D eigenvalue weighted by Crippen LogP contribution is -2.35. The Morgan fingerprint density at radius 3 is 2.77 bits per heavy atom. The van der Waals surface area contributed by atoms with Crippen LogP contribution in [0.15, 0.2) is 61.2 Å². The lowest BCUT2D eigenvalue weighted by atomic mass is 10.2. The van der Waals surface area contributed by atoms with Gasteiger partial charge in [-0.1, -0.05) is 18.2 Å². The van der Waals surface area contributed by atoms with Crippen molar-refractivity contribution in [2.24, 2.45) is 0 Å². The van der Waals surface area contributed by atoms with E-state index in [1.807, 2.05) is 42.0 Å². The molecular formula is C22H24F2N4O2. The fourth-order valence-corrected chi connectivity index (χ4v) is 3.03. The number of rotatable bonds is 9. The highest BCUT2D eigenvalue weighted by Gasteiger charge is 2.17. The number of benzene rings is 2. The van der Waals surface area contributed by atoms with Crippen LogP contribution in [-0.4, -0.2) is 33.6 Å². The highest BCUT2D eigenvalue weighted by molar-refractivity contribution is 5.89. The van der Waals surface area contributed by atoms with E-state index in [1.54, 1.807) is 17.4 Å². The second kappa shape index (κ2) is 10.4. The number of ether oxygens (including phenoxy) is 1. The second-order valence-electron chi connectivity index (χ2n) is 6.68. The van der Waals surface area contributed by atoms with E-state index in [-0.39, 0.29) is 5.69 Å². The van der Waals surface area contributed by atoms with E-state index in [9.17, 15) is 13.6 Å². The number of carbonyl (C=O) groups excluding carboxylic acids is 1. The average molecular weight is 414 g/mol. The molecule has 0 aliphatic rings. The van der Waals surface area contributed by atoms with Gasteiger partial charge in [0.05, 0.1) is 19.5 Å². The smallest absolute Gasteiger partial charge is 0.322 e. The van der Waals surface area contributed by atoms with E-state index in [0.29, 0.717) is 38.4 Å². The molecule has 0 radical (unpaired) electrons. The van der Waals surface area contributed by atoms with Gasteiger partial charge in [0.15, 0.2) is 11.6 Å². The molecule has 2 amide bonds. The summed E-state index contributed by atoms with van der Waals surface area (Å²) in [6.45, 7) is 3.87. The zero-order valence-corrected chi connectivity index (χ0v) is 16.7. The summed E-state index contributed by atoms with van der Waals surface area (Å²) in [6, 6.07) is 10.4. The van der Waals surface area contributed by atoms with Crippen LogP contribution < -0.4 is 10.1 Å². The minimum Gasteiger partial charge on any atom is -0.494 e. The molecule has 6 nitrogen and oxygen atoms in total. The zero-order valence-electron chi connectivity index (χ0n) is 16.7. The first-order valence-corrected chi connectivity index (χ1v) is 9.74. The highest BCUT2D eigenvalue weighted by Crippen LogP contribution is 2.21. The first-order valence-electron chi connectivity index (χ1n) is 9.74. The van der Waals surface area contributed by atoms with E-state index in [0.717, 1.165) is 17.7 Å². The van der Waals surface area contributed by atoms with Gasteiger partial charge in [-0.2, -0.15) is 0 Å². The Labute approximate surface area is 174 Å². The molecule has 0 fully saturated rings. The molecular weight excluding hydrogens is 390 g/mol. The molecule has 0 unspecified atom stereocenters. The van der Waals surface area contributed by atoms with Crippen LogP contribution in [-0.2, 0) is 13.1 Å². The average Bonchev–Trinajstić information content (AvgIpc) is 3.25. The molecule has 0 spiro atoms. The first kappa shape index (κ1) is 21.3. The zero-order chi connectivity index (χ0) is 21.3. The van der Waals surface area contributed by atoms with Crippen LogP contribution in [0.4, 0.5) is 19.3 Å². The summed E-state index contributed by atoms with van der Waals surface area (Å²) < 4.78 is 34.3. The largest absolute Gasteiger partial charge is 0.494 e. The molecule has 0 atom stereocenters. The van der Waals surface area contributed by atoms with Crippen molar-refractivity contribution in [3.8, 4) is 5.75 Å². The quantitative estimate of drug-likeness (QED) is 0.553. The lowest BCUT2D eigenvalue weighted by Gasteiger charge is -2.24. The van der Waals surface area contributed by atoms with Crippen molar-refractivity contribution in [3.63, 3.8) is 0 Å². The minimum absolute atomic E-state index is 0.191. The Bertz CT molecular complexity index is 964. The molecule has 158 valence electrons. The third-order valence-corrected chi connectivity index (χ3v) is 4.50. The van der Waals surface area contributed by atoms with Crippen molar-refractivity contribution in [2.45, 2.75) is 26.4 Å². The van der Waals surface area contributed by atoms with Crippen molar-refractivity contribution >= 4 is 11.7 Å². The summed E-state index contributed by atoms with van der Waals surface area (Å²) in [5, 5.41) is 2.65. The number of aromatic nitrogens is 2. The van der Waals surface area contributed by atoms with Gasteiger partial charge >= 0.3 is 6.03 Å². The van der Waals surface area contributed by atoms with Gasteiger partial charge in [-0.25, -0.2) is 18.6 Å². The van der Waals surface area contributed by atoms with Gasteiger partial charge in [-0.15, -0.1) is 0 Å². The van der Waals surface area contributed by atoms with Gasteiger partial charge in [0.1, 0.15) is 5.75 Å². The number of imidazole rings is 1. The molecule has 2 aromatic carbocycles. The summed E-state index contributed by atoms with van der Waals surface area (Å²) in [5.41, 5.74) is 1.05. The Balaban J connectivity index is 1.73. The monoisotopic (exact) mass is 414 g/mol. The Hall–Kier alpha value is -3.42. The molecule has 0 bridgehead atoms. The van der Waals surface area contributed by atoms with Gasteiger partial charge in [-0.3, -0.25) is 0 Å². The predicted molar refractivity (Wildman–Crippen MR) is 110 cm³/mol. The fourth-order valence-electron chi connectivity index (χ4n) is 3.03. The molecule has 3 aromatic rings. The summed E-state index contributed by atoms with van der Waals surface area (Å²) >= 11 is 0. The number of para-hydroxylation sites is 1. The number of hydrogen-bond acceptors (Lipinski definition) is 3. The van der Waals surface area contributed by atoms with Crippen LogP contribution in [0.3, 0.4) is 0 Å². The van der Waals surface area contributed by atoms with Crippen molar-refractivity contribution in [1.82, 2.24) is 14.5 Å². The van der Waals surface area contributed by atoms with Crippen molar-refractivity contribution in [1.29, 1.82) is 0 Å². The summed E-state index contributed by atoms with van der Waals surface area (Å²) in [4.78, 5) is 18.5. The Morgan fingerprint density at radius 1 is 1.20 bits per heavy atom. The third kappa shape index (κ3) is 5.79. The number of urea groups is 1. The maximum Gasteiger partial charge on any atom is 0.322 e. The van der Waals surface area contributed by atoms with E-state index < -0.39 is 17.7 Å². The summed E-state index contributed by atoms with van der Waals surface area (Å²) in [5.74, 6) is -1.27.